The number of fused-ring (bicyclic) bond motifs is 1. The topological polar surface area (TPSA) is 59.8 Å². The Morgan fingerprint density at radius 2 is 1.92 bits per heavy atom. The third kappa shape index (κ3) is 3.59. The second kappa shape index (κ2) is 7.05. The number of nitrogens with zero attached hydrogens (tertiary/aromatic N) is 3. The summed E-state index contributed by atoms with van der Waals surface area (Å²) in [5.74, 6) is -0.0105. The largest absolute Gasteiger partial charge is 0.349 e. The molecule has 6 heteroatoms. The van der Waals surface area contributed by atoms with Crippen LogP contribution in [0, 0.1) is 0 Å². The summed E-state index contributed by atoms with van der Waals surface area (Å²) < 4.78 is 1.81. The molecule has 3 rings (SSSR count). The summed E-state index contributed by atoms with van der Waals surface area (Å²) in [5, 5.41) is 13.8. The average Bonchev–Trinajstić information content (AvgIpc) is 2.99. The van der Waals surface area contributed by atoms with Gasteiger partial charge in [-0.1, -0.05) is 48.2 Å². The number of carbonyl (C=O) groups is 1. The van der Waals surface area contributed by atoms with Gasteiger partial charge in [0.15, 0.2) is 5.16 Å². The monoisotopic (exact) mass is 340 g/mol. The number of aromatic nitrogens is 3. The molecule has 3 aromatic rings. The summed E-state index contributed by atoms with van der Waals surface area (Å²) in [6.45, 7) is 3.88. The Morgan fingerprint density at radius 1 is 1.17 bits per heavy atom. The van der Waals surface area contributed by atoms with Crippen LogP contribution in [-0.4, -0.2) is 25.9 Å². The van der Waals surface area contributed by atoms with Crippen LogP contribution in [0.15, 0.2) is 53.9 Å². The molecule has 1 aromatic heterocycles. The summed E-state index contributed by atoms with van der Waals surface area (Å²) in [6.07, 6.45) is 1.63. The molecule has 1 heterocycles. The van der Waals surface area contributed by atoms with Crippen LogP contribution in [0.5, 0.6) is 0 Å². The minimum Gasteiger partial charge on any atom is -0.349 e. The quantitative estimate of drug-likeness (QED) is 0.724. The Hall–Kier alpha value is -2.34. The Balaban J connectivity index is 1.67. The van der Waals surface area contributed by atoms with E-state index in [4.69, 9.17) is 0 Å². The number of benzene rings is 2. The number of hydrogen-bond donors (Lipinski definition) is 1. The molecule has 0 fully saturated rings. The van der Waals surface area contributed by atoms with E-state index in [9.17, 15) is 4.79 Å². The standard InChI is InChI=1S/C18H20N4OS/c1-12(15-9-8-14-6-4-5-7-16(14)10-15)20-17(23)13(2)24-18-21-19-11-22(18)3/h4-13H,1-3H3,(H,20,23). The lowest BCUT2D eigenvalue weighted by molar-refractivity contribution is -0.120. The van der Waals surface area contributed by atoms with Crippen molar-refractivity contribution < 1.29 is 4.79 Å². The van der Waals surface area contributed by atoms with E-state index in [0.717, 1.165) is 10.7 Å². The maximum atomic E-state index is 12.4. The van der Waals surface area contributed by atoms with Gasteiger partial charge in [-0.3, -0.25) is 4.79 Å². The molecule has 2 unspecified atom stereocenters. The molecule has 0 bridgehead atoms. The first kappa shape index (κ1) is 16.5. The van der Waals surface area contributed by atoms with Gasteiger partial charge in [-0.05, 0) is 36.2 Å². The van der Waals surface area contributed by atoms with E-state index >= 15 is 0 Å². The highest BCUT2D eigenvalue weighted by Crippen LogP contribution is 2.23. The molecule has 0 saturated carbocycles. The summed E-state index contributed by atoms with van der Waals surface area (Å²) in [4.78, 5) is 12.4. The highest BCUT2D eigenvalue weighted by atomic mass is 32.2. The second-order valence-electron chi connectivity index (χ2n) is 5.82. The first-order valence-corrected chi connectivity index (χ1v) is 8.72. The maximum Gasteiger partial charge on any atom is 0.233 e. The van der Waals surface area contributed by atoms with Gasteiger partial charge in [0.1, 0.15) is 6.33 Å². The van der Waals surface area contributed by atoms with Crippen LogP contribution in [0.2, 0.25) is 0 Å². The van der Waals surface area contributed by atoms with Crippen molar-refractivity contribution in [2.24, 2.45) is 7.05 Å². The van der Waals surface area contributed by atoms with E-state index in [-0.39, 0.29) is 17.2 Å². The van der Waals surface area contributed by atoms with E-state index in [0.29, 0.717) is 0 Å². The Kier molecular flexibility index (Phi) is 4.85. The Morgan fingerprint density at radius 3 is 2.62 bits per heavy atom. The first-order chi connectivity index (χ1) is 11.5. The number of carbonyl (C=O) groups excluding carboxylic acids is 1. The number of rotatable bonds is 5. The van der Waals surface area contributed by atoms with Crippen molar-refractivity contribution in [1.82, 2.24) is 20.1 Å². The molecule has 1 N–H and O–H groups in total. The van der Waals surface area contributed by atoms with Crippen molar-refractivity contribution in [3.05, 3.63) is 54.4 Å². The number of nitrogens with one attached hydrogen (secondary N) is 1. The summed E-state index contributed by atoms with van der Waals surface area (Å²) in [5.41, 5.74) is 1.10. The number of thioether (sulfide) groups is 1. The molecule has 0 spiro atoms. The van der Waals surface area contributed by atoms with Crippen LogP contribution in [-0.2, 0) is 11.8 Å². The predicted molar refractivity (Wildman–Crippen MR) is 96.8 cm³/mol. The molecule has 0 radical (unpaired) electrons. The van der Waals surface area contributed by atoms with E-state index in [1.54, 1.807) is 10.9 Å². The van der Waals surface area contributed by atoms with Crippen LogP contribution < -0.4 is 5.32 Å². The van der Waals surface area contributed by atoms with Gasteiger partial charge in [-0.15, -0.1) is 10.2 Å². The molecule has 24 heavy (non-hydrogen) atoms. The number of aryl methyl sites for hydroxylation is 1. The lowest BCUT2D eigenvalue weighted by Crippen LogP contribution is -2.33. The molecule has 124 valence electrons. The van der Waals surface area contributed by atoms with Crippen LogP contribution in [0.4, 0.5) is 0 Å². The SMILES string of the molecule is CC(Sc1nncn1C)C(=O)NC(C)c1ccc2ccccc2c1. The zero-order valence-corrected chi connectivity index (χ0v) is 14.7. The van der Waals surface area contributed by atoms with Crippen molar-refractivity contribution in [2.45, 2.75) is 30.3 Å². The summed E-state index contributed by atoms with van der Waals surface area (Å²) in [7, 11) is 1.87. The average molecular weight is 340 g/mol. The highest BCUT2D eigenvalue weighted by Gasteiger charge is 2.19. The van der Waals surface area contributed by atoms with E-state index in [1.165, 1.54) is 22.5 Å². The van der Waals surface area contributed by atoms with E-state index < -0.39 is 0 Å². The zero-order chi connectivity index (χ0) is 17.1. The van der Waals surface area contributed by atoms with E-state index in [1.807, 2.05) is 33.0 Å². The minimum atomic E-state index is -0.240. The fourth-order valence-corrected chi connectivity index (χ4v) is 3.28. The lowest BCUT2D eigenvalue weighted by atomic mass is 10.0. The highest BCUT2D eigenvalue weighted by molar-refractivity contribution is 8.00. The van der Waals surface area contributed by atoms with Gasteiger partial charge in [-0.25, -0.2) is 0 Å². The van der Waals surface area contributed by atoms with Crippen molar-refractivity contribution in [3.63, 3.8) is 0 Å². The molecule has 1 amide bonds. The van der Waals surface area contributed by atoms with Crippen molar-refractivity contribution >= 4 is 28.4 Å². The Labute approximate surface area is 145 Å². The second-order valence-corrected chi connectivity index (χ2v) is 7.13. The normalized spacial score (nSPS) is 13.6. The lowest BCUT2D eigenvalue weighted by Gasteiger charge is -2.18. The van der Waals surface area contributed by atoms with Crippen LogP contribution in [0.1, 0.15) is 25.5 Å². The molecule has 2 atom stereocenters. The molecule has 5 nitrogen and oxygen atoms in total. The maximum absolute atomic E-state index is 12.4. The fraction of sp³-hybridized carbons (Fsp3) is 0.278. The molecule has 0 aliphatic rings. The van der Waals surface area contributed by atoms with Crippen LogP contribution in [0.3, 0.4) is 0 Å². The summed E-state index contributed by atoms with van der Waals surface area (Å²) >= 11 is 1.40. The molecule has 0 saturated heterocycles. The van der Waals surface area contributed by atoms with Gasteiger partial charge in [0.05, 0.1) is 11.3 Å². The molecule has 0 aliphatic heterocycles. The van der Waals surface area contributed by atoms with Gasteiger partial charge in [0.2, 0.25) is 5.91 Å². The summed E-state index contributed by atoms with van der Waals surface area (Å²) in [6, 6.07) is 14.4. The van der Waals surface area contributed by atoms with Crippen molar-refractivity contribution in [2.75, 3.05) is 0 Å². The molecule has 2 aromatic carbocycles. The zero-order valence-electron chi connectivity index (χ0n) is 13.9. The number of hydrogen-bond acceptors (Lipinski definition) is 4. The first-order valence-electron chi connectivity index (χ1n) is 7.84. The third-order valence-electron chi connectivity index (χ3n) is 3.95. The molecule has 0 aliphatic carbocycles. The minimum absolute atomic E-state index is 0.0105. The van der Waals surface area contributed by atoms with Gasteiger partial charge >= 0.3 is 0 Å². The smallest absolute Gasteiger partial charge is 0.233 e. The van der Waals surface area contributed by atoms with Crippen LogP contribution in [0.25, 0.3) is 10.8 Å². The molecular weight excluding hydrogens is 320 g/mol. The number of amides is 1. The van der Waals surface area contributed by atoms with E-state index in [2.05, 4.69) is 45.8 Å². The van der Waals surface area contributed by atoms with Gasteiger partial charge < -0.3 is 9.88 Å². The third-order valence-corrected chi connectivity index (χ3v) is 5.10. The van der Waals surface area contributed by atoms with Gasteiger partial charge in [-0.2, -0.15) is 0 Å². The van der Waals surface area contributed by atoms with Gasteiger partial charge in [0.25, 0.3) is 0 Å². The van der Waals surface area contributed by atoms with Crippen molar-refractivity contribution in [1.29, 1.82) is 0 Å². The fourth-order valence-electron chi connectivity index (χ4n) is 2.48. The van der Waals surface area contributed by atoms with Gasteiger partial charge in [0, 0.05) is 7.05 Å². The molecular formula is C18H20N4OS. The van der Waals surface area contributed by atoms with Crippen molar-refractivity contribution in [3.8, 4) is 0 Å². The Bertz CT molecular complexity index is 861. The predicted octanol–water partition coefficient (Wildman–Crippen LogP) is 3.33. The van der Waals surface area contributed by atoms with Crippen LogP contribution >= 0.6 is 11.8 Å².